The zero-order valence-electron chi connectivity index (χ0n) is 19.9. The first-order valence-corrected chi connectivity index (χ1v) is 11.8. The van der Waals surface area contributed by atoms with Gasteiger partial charge in [-0.1, -0.05) is 24.3 Å². The number of fused-ring (bicyclic) bond motifs is 1. The highest BCUT2D eigenvalue weighted by Gasteiger charge is 2.33. The zero-order chi connectivity index (χ0) is 26.9. The van der Waals surface area contributed by atoms with Crippen LogP contribution in [0.2, 0.25) is 0 Å². The van der Waals surface area contributed by atoms with E-state index in [4.69, 9.17) is 10.8 Å². The lowest BCUT2D eigenvalue weighted by molar-refractivity contribution is -0.274. The van der Waals surface area contributed by atoms with Crippen molar-refractivity contribution in [1.82, 2.24) is 30.4 Å². The van der Waals surface area contributed by atoms with Crippen LogP contribution >= 0.6 is 0 Å². The molecule has 0 unspecified atom stereocenters. The van der Waals surface area contributed by atoms with Crippen molar-refractivity contribution in [2.45, 2.75) is 31.8 Å². The molecule has 0 aliphatic carbocycles. The Hall–Kier alpha value is -4.26. The molecule has 3 heterocycles. The van der Waals surface area contributed by atoms with E-state index in [1.165, 1.54) is 6.33 Å². The predicted molar refractivity (Wildman–Crippen MR) is 131 cm³/mol. The number of alkyl halides is 3. The van der Waals surface area contributed by atoms with E-state index in [0.29, 0.717) is 34.2 Å². The molecule has 1 fully saturated rings. The number of nitrogens with two attached hydrogens (primary N) is 1. The lowest BCUT2D eigenvalue weighted by Crippen LogP contribution is -2.32. The molecule has 1 amide bonds. The highest BCUT2D eigenvalue weighted by molar-refractivity contribution is 5.98. The van der Waals surface area contributed by atoms with Gasteiger partial charge in [0.1, 0.15) is 29.4 Å². The molecule has 0 bridgehead atoms. The fourth-order valence-electron chi connectivity index (χ4n) is 4.45. The fraction of sp³-hybridized carbons (Fsp3) is 0.280. The molecule has 38 heavy (non-hydrogen) atoms. The number of piperidine rings is 1. The fourth-order valence-corrected chi connectivity index (χ4v) is 4.45. The predicted octanol–water partition coefficient (Wildman–Crippen LogP) is 3.97. The minimum atomic E-state index is -5.07. The van der Waals surface area contributed by atoms with Crippen LogP contribution in [-0.4, -0.2) is 45.1 Å². The summed E-state index contributed by atoms with van der Waals surface area (Å²) in [7, 11) is 0. The van der Waals surface area contributed by atoms with Crippen LogP contribution in [-0.2, 0) is 6.54 Å². The summed E-state index contributed by atoms with van der Waals surface area (Å²) in [5, 5.41) is 11.4. The van der Waals surface area contributed by atoms with Gasteiger partial charge in [-0.25, -0.2) is 19.0 Å². The van der Waals surface area contributed by atoms with E-state index >= 15 is 0 Å². The molecule has 4 N–H and O–H groups in total. The highest BCUT2D eigenvalue weighted by atomic mass is 19.4. The van der Waals surface area contributed by atoms with Crippen LogP contribution < -0.4 is 21.1 Å². The van der Waals surface area contributed by atoms with Crippen molar-refractivity contribution in [3.05, 3.63) is 65.7 Å². The van der Waals surface area contributed by atoms with Gasteiger partial charge in [0, 0.05) is 24.7 Å². The van der Waals surface area contributed by atoms with Gasteiger partial charge in [0.15, 0.2) is 5.65 Å². The summed E-state index contributed by atoms with van der Waals surface area (Å²) in [6.07, 6.45) is -1.69. The van der Waals surface area contributed by atoms with Crippen molar-refractivity contribution in [2.75, 3.05) is 18.8 Å². The molecule has 1 aliphatic heterocycles. The minimum Gasteiger partial charge on any atom is -0.405 e. The smallest absolute Gasteiger partial charge is 0.405 e. The molecule has 2 aromatic heterocycles. The summed E-state index contributed by atoms with van der Waals surface area (Å²) in [6, 6.07) is 9.56. The second kappa shape index (κ2) is 10.2. The number of aromatic nitrogens is 4. The SMILES string of the molecule is Nc1ncnc2c1c(-c1ccc(CNC(=O)c3ccc(F)cc3OC(F)(F)F)cc1)nn2[C@@H]1CCCNC1. The Morgan fingerprint density at radius 3 is 2.68 bits per heavy atom. The lowest BCUT2D eigenvalue weighted by Gasteiger charge is -2.23. The molecular formula is C25H23F4N7O2. The molecule has 4 aromatic rings. The number of benzene rings is 2. The number of hydrogen-bond donors (Lipinski definition) is 3. The molecular weight excluding hydrogens is 506 g/mol. The van der Waals surface area contributed by atoms with Crippen molar-refractivity contribution in [2.24, 2.45) is 0 Å². The molecule has 2 aromatic carbocycles. The summed E-state index contributed by atoms with van der Waals surface area (Å²) in [5.74, 6) is -2.41. The normalized spacial score (nSPS) is 15.9. The molecule has 0 spiro atoms. The third-order valence-electron chi connectivity index (χ3n) is 6.23. The number of nitrogens with zero attached hydrogens (tertiary/aromatic N) is 4. The molecule has 1 atom stereocenters. The van der Waals surface area contributed by atoms with Gasteiger partial charge in [-0.3, -0.25) is 4.79 Å². The molecule has 1 aliphatic rings. The van der Waals surface area contributed by atoms with Gasteiger partial charge < -0.3 is 21.1 Å². The van der Waals surface area contributed by atoms with E-state index in [1.54, 1.807) is 24.3 Å². The Morgan fingerprint density at radius 1 is 1.18 bits per heavy atom. The van der Waals surface area contributed by atoms with Crippen molar-refractivity contribution < 1.29 is 27.1 Å². The van der Waals surface area contributed by atoms with E-state index < -0.39 is 29.4 Å². The number of ether oxygens (including phenoxy) is 1. The highest BCUT2D eigenvalue weighted by Crippen LogP contribution is 2.33. The van der Waals surface area contributed by atoms with Gasteiger partial charge in [0.2, 0.25) is 0 Å². The van der Waals surface area contributed by atoms with E-state index in [2.05, 4.69) is 25.3 Å². The summed E-state index contributed by atoms with van der Waals surface area (Å²) in [6.45, 7) is 1.73. The van der Waals surface area contributed by atoms with Crippen LogP contribution in [0.15, 0.2) is 48.8 Å². The van der Waals surface area contributed by atoms with Crippen LogP contribution in [0.1, 0.15) is 34.8 Å². The number of halogens is 4. The van der Waals surface area contributed by atoms with Crippen LogP contribution in [0.4, 0.5) is 23.4 Å². The van der Waals surface area contributed by atoms with E-state index in [1.807, 2.05) is 4.68 Å². The number of carbonyl (C=O) groups is 1. The summed E-state index contributed by atoms with van der Waals surface area (Å²) >= 11 is 0. The summed E-state index contributed by atoms with van der Waals surface area (Å²) in [5.41, 5.74) is 8.45. The average molecular weight is 529 g/mol. The summed E-state index contributed by atoms with van der Waals surface area (Å²) in [4.78, 5) is 21.1. The van der Waals surface area contributed by atoms with Gasteiger partial charge in [0.25, 0.3) is 5.91 Å². The maximum Gasteiger partial charge on any atom is 0.573 e. The van der Waals surface area contributed by atoms with E-state index in [0.717, 1.165) is 43.6 Å². The molecule has 1 saturated heterocycles. The number of nitrogens with one attached hydrogen (secondary N) is 2. The van der Waals surface area contributed by atoms with Crippen LogP contribution in [0, 0.1) is 5.82 Å². The molecule has 0 radical (unpaired) electrons. The zero-order valence-corrected chi connectivity index (χ0v) is 19.9. The van der Waals surface area contributed by atoms with Crippen molar-refractivity contribution in [3.8, 4) is 17.0 Å². The second-order valence-corrected chi connectivity index (χ2v) is 8.82. The minimum absolute atomic E-state index is 0.0100. The van der Waals surface area contributed by atoms with Gasteiger partial charge in [-0.05, 0) is 37.1 Å². The topological polar surface area (TPSA) is 120 Å². The Labute approximate surface area is 214 Å². The van der Waals surface area contributed by atoms with Gasteiger partial charge in [0.05, 0.1) is 17.0 Å². The van der Waals surface area contributed by atoms with Gasteiger partial charge >= 0.3 is 6.36 Å². The molecule has 9 nitrogen and oxygen atoms in total. The van der Waals surface area contributed by atoms with E-state index in [9.17, 15) is 22.4 Å². The third-order valence-corrected chi connectivity index (χ3v) is 6.23. The molecule has 5 rings (SSSR count). The summed E-state index contributed by atoms with van der Waals surface area (Å²) < 4.78 is 57.1. The number of hydrogen-bond acceptors (Lipinski definition) is 7. The standard InChI is InChI=1S/C25H23F4N7O2/c26-16-7-8-18(19(10-16)38-25(27,28)29)24(37)32-11-14-3-5-15(6-4-14)21-20-22(30)33-13-34-23(20)36(35-21)17-2-1-9-31-12-17/h3-8,10,13,17,31H,1-2,9,11-12H2,(H,32,37)(H2,30,33,34)/t17-/m1/s1. The van der Waals surface area contributed by atoms with Crippen LogP contribution in [0.5, 0.6) is 5.75 Å². The maximum atomic E-state index is 13.4. The number of rotatable bonds is 6. The first kappa shape index (κ1) is 25.4. The quantitative estimate of drug-likeness (QED) is 0.324. The molecule has 198 valence electrons. The third kappa shape index (κ3) is 5.37. The van der Waals surface area contributed by atoms with Gasteiger partial charge in [-0.2, -0.15) is 5.10 Å². The first-order valence-electron chi connectivity index (χ1n) is 11.8. The number of carbonyl (C=O) groups excluding carboxylic acids is 1. The monoisotopic (exact) mass is 529 g/mol. The second-order valence-electron chi connectivity index (χ2n) is 8.82. The van der Waals surface area contributed by atoms with Crippen molar-refractivity contribution in [1.29, 1.82) is 0 Å². The number of anilines is 1. The Kier molecular flexibility index (Phi) is 6.85. The largest absolute Gasteiger partial charge is 0.573 e. The van der Waals surface area contributed by atoms with Gasteiger partial charge in [-0.15, -0.1) is 13.2 Å². The maximum absolute atomic E-state index is 13.4. The average Bonchev–Trinajstić information content (AvgIpc) is 3.28. The van der Waals surface area contributed by atoms with Crippen molar-refractivity contribution >= 4 is 22.8 Å². The number of amides is 1. The van der Waals surface area contributed by atoms with E-state index in [-0.39, 0.29) is 12.6 Å². The Morgan fingerprint density at radius 2 is 1.97 bits per heavy atom. The lowest BCUT2D eigenvalue weighted by atomic mass is 10.1. The van der Waals surface area contributed by atoms with Crippen molar-refractivity contribution in [3.63, 3.8) is 0 Å². The Bertz CT molecular complexity index is 1470. The Balaban J connectivity index is 1.35. The van der Waals surface area contributed by atoms with Crippen LogP contribution in [0.3, 0.4) is 0 Å². The molecule has 0 saturated carbocycles. The van der Waals surface area contributed by atoms with Crippen LogP contribution in [0.25, 0.3) is 22.3 Å². The first-order chi connectivity index (χ1) is 18.2. The molecule has 13 heteroatoms. The number of nitrogen functional groups attached to an aromatic ring is 1.